The minimum Gasteiger partial charge on any atom is -0.459 e. The van der Waals surface area contributed by atoms with Crippen molar-refractivity contribution in [3.05, 3.63) is 22.5 Å². The highest BCUT2D eigenvalue weighted by molar-refractivity contribution is 6.03. The maximum atomic E-state index is 13.0. The zero-order chi connectivity index (χ0) is 20.2. The Balaban J connectivity index is 3.10. The van der Waals surface area contributed by atoms with Crippen LogP contribution in [-0.2, 0) is 9.53 Å². The smallest absolute Gasteiger partial charge is 0.326 e. The molecule has 0 atom stereocenters. The minimum absolute atomic E-state index is 0.0951. The fraction of sp³-hybridized carbons (Fsp3) is 0.632. The number of aromatic amines is 1. The fourth-order valence-electron chi connectivity index (χ4n) is 2.75. The second kappa shape index (κ2) is 8.49. The van der Waals surface area contributed by atoms with Crippen molar-refractivity contribution >= 4 is 17.7 Å². The molecule has 1 amide bonds. The van der Waals surface area contributed by atoms with E-state index in [2.05, 4.69) is 4.98 Å². The average Bonchev–Trinajstić information content (AvgIpc) is 2.75. The van der Waals surface area contributed by atoms with Gasteiger partial charge in [0.2, 0.25) is 0 Å². The molecule has 0 aliphatic heterocycles. The standard InChI is InChI=1S/C19H31N3O4/c1-12-16(14(3)23)13(2)20-17(12)18(25)22(10-9-21(7)8)11-15(24)26-19(4,5)6/h20H,9-11H2,1-8H3. The molecule has 0 bridgehead atoms. The number of aromatic nitrogens is 1. The van der Waals surface area contributed by atoms with Crippen molar-refractivity contribution in [3.8, 4) is 0 Å². The van der Waals surface area contributed by atoms with Crippen molar-refractivity contribution in [1.29, 1.82) is 0 Å². The van der Waals surface area contributed by atoms with E-state index in [4.69, 9.17) is 4.74 Å². The number of Topliss-reactive ketones (excluding diaryl/α,β-unsaturated/α-hetero) is 1. The number of rotatable bonds is 7. The number of aryl methyl sites for hydroxylation is 1. The maximum absolute atomic E-state index is 13.0. The molecule has 1 rings (SSSR count). The molecule has 1 aromatic rings. The van der Waals surface area contributed by atoms with Gasteiger partial charge in [-0.05, 0) is 61.2 Å². The van der Waals surface area contributed by atoms with Gasteiger partial charge in [-0.2, -0.15) is 0 Å². The van der Waals surface area contributed by atoms with E-state index in [0.29, 0.717) is 35.6 Å². The molecule has 1 heterocycles. The fourth-order valence-corrected chi connectivity index (χ4v) is 2.75. The van der Waals surface area contributed by atoms with Crippen molar-refractivity contribution in [2.45, 2.75) is 47.1 Å². The van der Waals surface area contributed by atoms with Crippen molar-refractivity contribution in [3.63, 3.8) is 0 Å². The summed E-state index contributed by atoms with van der Waals surface area (Å²) in [5.41, 5.74) is 1.52. The predicted octanol–water partition coefficient (Wildman–Crippen LogP) is 2.18. The number of nitrogens with one attached hydrogen (secondary N) is 1. The quantitative estimate of drug-likeness (QED) is 0.591. The van der Waals surface area contributed by atoms with Crippen molar-refractivity contribution in [1.82, 2.24) is 14.8 Å². The van der Waals surface area contributed by atoms with Gasteiger partial charge in [0, 0.05) is 24.3 Å². The van der Waals surface area contributed by atoms with Gasteiger partial charge in [-0.1, -0.05) is 0 Å². The Kier molecular flexibility index (Phi) is 7.15. The topological polar surface area (TPSA) is 82.7 Å². The number of hydrogen-bond donors (Lipinski definition) is 1. The van der Waals surface area contributed by atoms with Crippen LogP contribution in [0.4, 0.5) is 0 Å². The zero-order valence-corrected chi connectivity index (χ0v) is 17.1. The first-order valence-electron chi connectivity index (χ1n) is 8.69. The Bertz CT molecular complexity index is 684. The van der Waals surface area contributed by atoms with Gasteiger partial charge in [0.05, 0.1) is 0 Å². The molecule has 0 aliphatic carbocycles. The Morgan fingerprint density at radius 1 is 1.08 bits per heavy atom. The van der Waals surface area contributed by atoms with Crippen molar-refractivity contribution < 1.29 is 19.1 Å². The summed E-state index contributed by atoms with van der Waals surface area (Å²) in [6.07, 6.45) is 0. The molecule has 146 valence electrons. The number of amides is 1. The van der Waals surface area contributed by atoms with E-state index in [1.807, 2.05) is 19.0 Å². The van der Waals surface area contributed by atoms with Crippen LogP contribution in [-0.4, -0.2) is 71.8 Å². The maximum Gasteiger partial charge on any atom is 0.326 e. The second-order valence-electron chi connectivity index (χ2n) is 7.80. The van der Waals surface area contributed by atoms with Crippen LogP contribution >= 0.6 is 0 Å². The van der Waals surface area contributed by atoms with E-state index in [-0.39, 0.29) is 18.2 Å². The zero-order valence-electron chi connectivity index (χ0n) is 17.1. The van der Waals surface area contributed by atoms with Gasteiger partial charge in [-0.15, -0.1) is 0 Å². The number of carbonyl (C=O) groups excluding carboxylic acids is 3. The molecular weight excluding hydrogens is 334 g/mol. The highest BCUT2D eigenvalue weighted by Crippen LogP contribution is 2.20. The highest BCUT2D eigenvalue weighted by atomic mass is 16.6. The average molecular weight is 365 g/mol. The molecular formula is C19H31N3O4. The molecule has 7 heteroatoms. The molecule has 1 aromatic heterocycles. The molecule has 0 aromatic carbocycles. The number of carbonyl (C=O) groups is 3. The van der Waals surface area contributed by atoms with Crippen LogP contribution in [0, 0.1) is 13.8 Å². The van der Waals surface area contributed by atoms with Crippen molar-refractivity contribution in [2.24, 2.45) is 0 Å². The number of likely N-dealkylation sites (N-methyl/N-ethyl adjacent to an activating group) is 1. The van der Waals surface area contributed by atoms with E-state index in [0.717, 1.165) is 0 Å². The summed E-state index contributed by atoms with van der Waals surface area (Å²) in [6.45, 7) is 11.2. The molecule has 0 unspecified atom stereocenters. The van der Waals surface area contributed by atoms with E-state index >= 15 is 0 Å². The van der Waals surface area contributed by atoms with Crippen molar-refractivity contribution in [2.75, 3.05) is 33.7 Å². The third-order valence-electron chi connectivity index (χ3n) is 3.85. The molecule has 0 radical (unpaired) electrons. The normalized spacial score (nSPS) is 11.6. The SMILES string of the molecule is CC(=O)c1c(C)[nH]c(C(=O)N(CCN(C)C)CC(=O)OC(C)(C)C)c1C. The monoisotopic (exact) mass is 365 g/mol. The molecule has 26 heavy (non-hydrogen) atoms. The lowest BCUT2D eigenvalue weighted by Crippen LogP contribution is -2.42. The number of hydrogen-bond acceptors (Lipinski definition) is 5. The lowest BCUT2D eigenvalue weighted by Gasteiger charge is -2.26. The summed E-state index contributed by atoms with van der Waals surface area (Å²) in [7, 11) is 3.79. The van der Waals surface area contributed by atoms with Gasteiger partial charge in [-0.25, -0.2) is 0 Å². The van der Waals surface area contributed by atoms with Gasteiger partial charge >= 0.3 is 5.97 Å². The third kappa shape index (κ3) is 5.98. The molecule has 1 N–H and O–H groups in total. The van der Waals surface area contributed by atoms with Gasteiger partial charge < -0.3 is 19.5 Å². The lowest BCUT2D eigenvalue weighted by atomic mass is 10.1. The summed E-state index contributed by atoms with van der Waals surface area (Å²) in [5.74, 6) is -0.870. The lowest BCUT2D eigenvalue weighted by molar-refractivity contribution is -0.155. The van der Waals surface area contributed by atoms with E-state index in [9.17, 15) is 14.4 Å². The number of nitrogens with zero attached hydrogens (tertiary/aromatic N) is 2. The second-order valence-corrected chi connectivity index (χ2v) is 7.80. The molecule has 0 aliphatic rings. The number of ether oxygens (including phenoxy) is 1. The number of esters is 1. The Morgan fingerprint density at radius 3 is 2.08 bits per heavy atom. The van der Waals surface area contributed by atoms with Crippen LogP contribution in [0.2, 0.25) is 0 Å². The molecule has 0 fully saturated rings. The van der Waals surface area contributed by atoms with Gasteiger partial charge in [-0.3, -0.25) is 14.4 Å². The Morgan fingerprint density at radius 2 is 1.65 bits per heavy atom. The molecule has 0 saturated heterocycles. The summed E-state index contributed by atoms with van der Waals surface area (Å²) >= 11 is 0. The Hall–Kier alpha value is -2.15. The molecule has 0 saturated carbocycles. The van der Waals surface area contributed by atoms with Crippen LogP contribution in [0.5, 0.6) is 0 Å². The van der Waals surface area contributed by atoms with Crippen LogP contribution in [0.25, 0.3) is 0 Å². The predicted molar refractivity (Wildman–Crippen MR) is 101 cm³/mol. The summed E-state index contributed by atoms with van der Waals surface area (Å²) in [5, 5.41) is 0. The minimum atomic E-state index is -0.617. The first-order chi connectivity index (χ1) is 11.8. The van der Waals surface area contributed by atoms with E-state index < -0.39 is 11.6 Å². The van der Waals surface area contributed by atoms with Crippen LogP contribution < -0.4 is 0 Å². The summed E-state index contributed by atoms with van der Waals surface area (Å²) < 4.78 is 5.35. The third-order valence-corrected chi connectivity index (χ3v) is 3.85. The summed E-state index contributed by atoms with van der Waals surface area (Å²) in [4.78, 5) is 43.5. The van der Waals surface area contributed by atoms with E-state index in [1.54, 1.807) is 34.6 Å². The van der Waals surface area contributed by atoms with Crippen LogP contribution in [0.3, 0.4) is 0 Å². The first-order valence-corrected chi connectivity index (χ1v) is 8.69. The van der Waals surface area contributed by atoms with Crippen LogP contribution in [0.1, 0.15) is 59.8 Å². The van der Waals surface area contributed by atoms with E-state index in [1.165, 1.54) is 11.8 Å². The first kappa shape index (κ1) is 21.9. The molecule has 0 spiro atoms. The number of H-pyrrole nitrogens is 1. The molecule has 7 nitrogen and oxygen atoms in total. The highest BCUT2D eigenvalue weighted by Gasteiger charge is 2.27. The number of ketones is 1. The van der Waals surface area contributed by atoms with Gasteiger partial charge in [0.15, 0.2) is 5.78 Å². The van der Waals surface area contributed by atoms with Gasteiger partial charge in [0.25, 0.3) is 5.91 Å². The Labute approximate surface area is 155 Å². The van der Waals surface area contributed by atoms with Crippen LogP contribution in [0.15, 0.2) is 0 Å². The largest absolute Gasteiger partial charge is 0.459 e. The van der Waals surface area contributed by atoms with Gasteiger partial charge in [0.1, 0.15) is 17.8 Å². The summed E-state index contributed by atoms with van der Waals surface area (Å²) in [6, 6.07) is 0.